The van der Waals surface area contributed by atoms with Crippen molar-refractivity contribution in [2.24, 2.45) is 0 Å². The Kier molecular flexibility index (Phi) is 5.81. The smallest absolute Gasteiger partial charge is 0.345 e. The quantitative estimate of drug-likeness (QED) is 0.821. The van der Waals surface area contributed by atoms with E-state index >= 15 is 0 Å². The van der Waals surface area contributed by atoms with Crippen molar-refractivity contribution in [2.45, 2.75) is 6.92 Å². The number of nitrogens with one attached hydrogen (secondary N) is 1. The van der Waals surface area contributed by atoms with Gasteiger partial charge in [0, 0.05) is 6.54 Å². The Morgan fingerprint density at radius 2 is 1.72 bits per heavy atom. The first-order chi connectivity index (χ1) is 11.8. The number of aromatic carboxylic acids is 1. The van der Waals surface area contributed by atoms with Gasteiger partial charge in [-0.25, -0.2) is 13.6 Å². The van der Waals surface area contributed by atoms with Crippen molar-refractivity contribution in [3.05, 3.63) is 51.7 Å². The summed E-state index contributed by atoms with van der Waals surface area (Å²) in [6, 6.07) is 5.82. The number of anilines is 1. The highest BCUT2D eigenvalue weighted by Crippen LogP contribution is 2.20. The van der Waals surface area contributed by atoms with Gasteiger partial charge in [-0.3, -0.25) is 9.59 Å². The van der Waals surface area contributed by atoms with E-state index in [1.807, 2.05) is 0 Å². The summed E-state index contributed by atoms with van der Waals surface area (Å²) in [4.78, 5) is 36.5. The molecule has 6 nitrogen and oxygen atoms in total. The lowest BCUT2D eigenvalue weighted by Gasteiger charge is -2.19. The minimum Gasteiger partial charge on any atom is -0.477 e. The number of rotatable bonds is 6. The number of carbonyl (C=O) groups is 3. The van der Waals surface area contributed by atoms with E-state index in [1.165, 1.54) is 18.2 Å². The molecule has 0 radical (unpaired) electrons. The van der Waals surface area contributed by atoms with Crippen LogP contribution in [0, 0.1) is 11.6 Å². The van der Waals surface area contributed by atoms with Crippen LogP contribution in [0.1, 0.15) is 26.3 Å². The highest BCUT2D eigenvalue weighted by Gasteiger charge is 2.21. The van der Waals surface area contributed by atoms with Crippen LogP contribution in [0.4, 0.5) is 14.5 Å². The monoisotopic (exact) mass is 368 g/mol. The van der Waals surface area contributed by atoms with Crippen molar-refractivity contribution in [2.75, 3.05) is 18.4 Å². The molecule has 0 saturated carbocycles. The number of carboxylic acid groups (broad SMARTS) is 1. The number of likely N-dealkylation sites (N-methyl/N-ethyl adjacent to an activating group) is 1. The summed E-state index contributed by atoms with van der Waals surface area (Å²) in [7, 11) is 0. The van der Waals surface area contributed by atoms with Gasteiger partial charge in [-0.15, -0.1) is 11.3 Å². The van der Waals surface area contributed by atoms with Gasteiger partial charge in [-0.05, 0) is 31.2 Å². The molecule has 1 aromatic carbocycles. The molecule has 2 amide bonds. The van der Waals surface area contributed by atoms with E-state index < -0.39 is 41.7 Å². The van der Waals surface area contributed by atoms with Gasteiger partial charge < -0.3 is 15.3 Å². The molecule has 25 heavy (non-hydrogen) atoms. The summed E-state index contributed by atoms with van der Waals surface area (Å²) in [6.45, 7) is 1.36. The van der Waals surface area contributed by atoms with E-state index in [0.29, 0.717) is 0 Å². The van der Waals surface area contributed by atoms with Crippen LogP contribution in [0.15, 0.2) is 30.3 Å². The minimum atomic E-state index is -1.15. The molecule has 2 rings (SSSR count). The third-order valence-corrected chi connectivity index (χ3v) is 4.32. The van der Waals surface area contributed by atoms with E-state index in [-0.39, 0.29) is 16.3 Å². The van der Waals surface area contributed by atoms with Gasteiger partial charge in [0.1, 0.15) is 28.7 Å². The molecule has 132 valence electrons. The number of para-hydroxylation sites is 1. The Labute approximate surface area is 145 Å². The van der Waals surface area contributed by atoms with Gasteiger partial charge in [0.25, 0.3) is 5.91 Å². The van der Waals surface area contributed by atoms with Crippen molar-refractivity contribution in [1.29, 1.82) is 0 Å². The van der Waals surface area contributed by atoms with Gasteiger partial charge in [0.2, 0.25) is 5.91 Å². The number of benzene rings is 1. The zero-order valence-electron chi connectivity index (χ0n) is 13.1. The van der Waals surface area contributed by atoms with E-state index in [1.54, 1.807) is 6.92 Å². The lowest BCUT2D eigenvalue weighted by atomic mass is 10.3. The molecule has 0 spiro atoms. The molecule has 0 fully saturated rings. The van der Waals surface area contributed by atoms with E-state index in [4.69, 9.17) is 5.11 Å². The molecule has 0 aliphatic heterocycles. The second kappa shape index (κ2) is 7.84. The largest absolute Gasteiger partial charge is 0.477 e. The maximum atomic E-state index is 13.5. The number of hydrogen-bond acceptors (Lipinski definition) is 4. The van der Waals surface area contributed by atoms with Crippen LogP contribution in [-0.4, -0.2) is 40.9 Å². The topological polar surface area (TPSA) is 86.7 Å². The molecule has 0 aliphatic carbocycles. The zero-order chi connectivity index (χ0) is 18.6. The molecule has 0 aliphatic rings. The molecule has 9 heteroatoms. The molecule has 0 unspecified atom stereocenters. The third-order valence-electron chi connectivity index (χ3n) is 3.26. The highest BCUT2D eigenvalue weighted by atomic mass is 32.1. The molecule has 0 saturated heterocycles. The predicted molar refractivity (Wildman–Crippen MR) is 87.8 cm³/mol. The summed E-state index contributed by atoms with van der Waals surface area (Å²) in [5.74, 6) is -4.31. The van der Waals surface area contributed by atoms with Crippen molar-refractivity contribution in [3.63, 3.8) is 0 Å². The van der Waals surface area contributed by atoms with E-state index in [0.717, 1.165) is 28.4 Å². The van der Waals surface area contributed by atoms with Crippen LogP contribution in [0.2, 0.25) is 0 Å². The van der Waals surface area contributed by atoms with E-state index in [9.17, 15) is 23.2 Å². The molecule has 1 heterocycles. The van der Waals surface area contributed by atoms with Crippen LogP contribution in [0.3, 0.4) is 0 Å². The van der Waals surface area contributed by atoms with Crippen molar-refractivity contribution in [3.8, 4) is 0 Å². The Morgan fingerprint density at radius 1 is 1.12 bits per heavy atom. The second-order valence-electron chi connectivity index (χ2n) is 4.93. The van der Waals surface area contributed by atoms with Gasteiger partial charge in [0.05, 0.1) is 4.88 Å². The fourth-order valence-corrected chi connectivity index (χ4v) is 2.83. The number of amides is 2. The number of hydrogen-bond donors (Lipinski definition) is 2. The normalized spacial score (nSPS) is 10.4. The van der Waals surface area contributed by atoms with Crippen molar-refractivity contribution in [1.82, 2.24) is 4.90 Å². The van der Waals surface area contributed by atoms with Gasteiger partial charge in [-0.1, -0.05) is 6.07 Å². The average molecular weight is 368 g/mol. The molecular formula is C16H14F2N2O4S. The summed E-state index contributed by atoms with van der Waals surface area (Å²) >= 11 is 0.786. The Balaban J connectivity index is 2.09. The van der Waals surface area contributed by atoms with Crippen molar-refractivity contribution < 1.29 is 28.3 Å². The fourth-order valence-electron chi connectivity index (χ4n) is 2.02. The number of halogens is 2. The Bertz CT molecular complexity index is 802. The number of thiophene rings is 1. The molecule has 1 aromatic heterocycles. The second-order valence-corrected chi connectivity index (χ2v) is 6.02. The lowest BCUT2D eigenvalue weighted by Crippen LogP contribution is -2.37. The molecular weight excluding hydrogens is 354 g/mol. The van der Waals surface area contributed by atoms with E-state index in [2.05, 4.69) is 5.32 Å². The summed E-state index contributed by atoms with van der Waals surface area (Å²) in [5.41, 5.74) is -0.583. The molecule has 2 aromatic rings. The first-order valence-corrected chi connectivity index (χ1v) is 8.01. The summed E-state index contributed by atoms with van der Waals surface area (Å²) < 4.78 is 27.1. The maximum Gasteiger partial charge on any atom is 0.345 e. The molecule has 0 atom stereocenters. The van der Waals surface area contributed by atoms with Gasteiger partial charge in [-0.2, -0.15) is 0 Å². The van der Waals surface area contributed by atoms with Crippen LogP contribution < -0.4 is 5.32 Å². The molecule has 0 bridgehead atoms. The van der Waals surface area contributed by atoms with Crippen LogP contribution >= 0.6 is 11.3 Å². The first kappa shape index (κ1) is 18.5. The van der Waals surface area contributed by atoms with Crippen LogP contribution in [-0.2, 0) is 4.79 Å². The van der Waals surface area contributed by atoms with Crippen LogP contribution in [0.25, 0.3) is 0 Å². The number of carboxylic acids is 1. The first-order valence-electron chi connectivity index (χ1n) is 7.19. The lowest BCUT2D eigenvalue weighted by molar-refractivity contribution is -0.116. The third kappa shape index (κ3) is 4.38. The average Bonchev–Trinajstić information content (AvgIpc) is 3.06. The standard InChI is InChI=1S/C16H14F2N2O4S/c1-2-20(15(22)11-6-7-12(25-11)16(23)24)8-13(21)19-14-9(17)4-3-5-10(14)18/h3-7H,2,8H2,1H3,(H,19,21)(H,23,24). The SMILES string of the molecule is CCN(CC(=O)Nc1c(F)cccc1F)C(=O)c1ccc(C(=O)O)s1. The molecule has 2 N–H and O–H groups in total. The fraction of sp³-hybridized carbons (Fsp3) is 0.188. The van der Waals surface area contributed by atoms with Gasteiger partial charge >= 0.3 is 5.97 Å². The maximum absolute atomic E-state index is 13.5. The minimum absolute atomic E-state index is 0.00252. The summed E-state index contributed by atoms with van der Waals surface area (Å²) in [6.07, 6.45) is 0. The number of carbonyl (C=O) groups excluding carboxylic acids is 2. The predicted octanol–water partition coefficient (Wildman–Crippen LogP) is 2.83. The Hall–Kier alpha value is -2.81. The summed E-state index contributed by atoms with van der Waals surface area (Å²) in [5, 5.41) is 11.0. The van der Waals surface area contributed by atoms with Crippen LogP contribution in [0.5, 0.6) is 0 Å². The van der Waals surface area contributed by atoms with Gasteiger partial charge in [0.15, 0.2) is 0 Å². The Morgan fingerprint density at radius 3 is 2.24 bits per heavy atom. The zero-order valence-corrected chi connectivity index (χ0v) is 13.9. The number of nitrogens with zero attached hydrogens (tertiary/aromatic N) is 1. The van der Waals surface area contributed by atoms with Crippen molar-refractivity contribution >= 4 is 34.8 Å². The highest BCUT2D eigenvalue weighted by molar-refractivity contribution is 7.15.